The van der Waals surface area contributed by atoms with E-state index in [1.165, 1.54) is 0 Å². The second kappa shape index (κ2) is 8.83. The van der Waals surface area contributed by atoms with E-state index in [4.69, 9.17) is 9.84 Å². The Bertz CT molecular complexity index is 684. The van der Waals surface area contributed by atoms with E-state index in [0.717, 1.165) is 6.42 Å². The molecule has 2 unspecified atom stereocenters. The van der Waals surface area contributed by atoms with Crippen LogP contribution in [0.5, 0.6) is 0 Å². The van der Waals surface area contributed by atoms with Crippen LogP contribution >= 0.6 is 0 Å². The van der Waals surface area contributed by atoms with Crippen LogP contribution in [0, 0.1) is 11.8 Å². The van der Waals surface area contributed by atoms with Gasteiger partial charge in [0.25, 0.3) is 0 Å². The van der Waals surface area contributed by atoms with Crippen molar-refractivity contribution in [2.75, 3.05) is 19.7 Å². The van der Waals surface area contributed by atoms with Crippen LogP contribution in [-0.4, -0.2) is 70.7 Å². The van der Waals surface area contributed by atoms with Gasteiger partial charge < -0.3 is 25.4 Å². The number of unbranched alkanes of at least 4 members (excludes halogenated alkanes) is 1. The first-order valence-electron chi connectivity index (χ1n) is 11.5. The molecular formula is C22H37N3O5. The molecule has 3 aliphatic heterocycles. The Labute approximate surface area is 179 Å². The molecule has 170 valence electrons. The van der Waals surface area contributed by atoms with Crippen LogP contribution in [0.2, 0.25) is 0 Å². The van der Waals surface area contributed by atoms with Gasteiger partial charge in [0, 0.05) is 25.7 Å². The predicted molar refractivity (Wildman–Crippen MR) is 111 cm³/mol. The first-order chi connectivity index (χ1) is 14.3. The van der Waals surface area contributed by atoms with Crippen LogP contribution < -0.4 is 10.6 Å². The highest BCUT2D eigenvalue weighted by atomic mass is 16.5. The second-order valence-electron chi connectivity index (χ2n) is 9.25. The molecule has 3 saturated heterocycles. The van der Waals surface area contributed by atoms with Crippen molar-refractivity contribution >= 4 is 17.7 Å². The fraction of sp³-hybridized carbons (Fsp3) is 0.864. The normalized spacial score (nSPS) is 34.5. The average Bonchev–Trinajstić information content (AvgIpc) is 3.30. The van der Waals surface area contributed by atoms with E-state index >= 15 is 0 Å². The number of ether oxygens (including phenoxy) is 1. The Hall–Kier alpha value is -1.67. The molecule has 3 heterocycles. The first-order valence-corrected chi connectivity index (χ1v) is 11.5. The smallest absolute Gasteiger partial charge is 0.246 e. The first kappa shape index (κ1) is 23.0. The summed E-state index contributed by atoms with van der Waals surface area (Å²) in [5.74, 6) is -1.73. The third-order valence-corrected chi connectivity index (χ3v) is 7.00. The van der Waals surface area contributed by atoms with Crippen molar-refractivity contribution < 1.29 is 24.2 Å². The van der Waals surface area contributed by atoms with Crippen LogP contribution in [0.4, 0.5) is 0 Å². The Morgan fingerprint density at radius 1 is 1.23 bits per heavy atom. The SMILES string of the molecule is CCCNC(=O)[C@@H]1[C@H]2C(=O)N(CCCCO)C(C(=O)NC(C)C)C23CC[C@@]1(CC)O3. The summed E-state index contributed by atoms with van der Waals surface area (Å²) < 4.78 is 6.62. The number of rotatable bonds is 10. The third kappa shape index (κ3) is 3.51. The summed E-state index contributed by atoms with van der Waals surface area (Å²) in [4.78, 5) is 41.7. The molecule has 5 atom stereocenters. The maximum atomic E-state index is 13.6. The minimum absolute atomic E-state index is 0.0386. The number of hydrogen-bond donors (Lipinski definition) is 3. The summed E-state index contributed by atoms with van der Waals surface area (Å²) in [6.45, 7) is 8.73. The van der Waals surface area contributed by atoms with E-state index in [2.05, 4.69) is 10.6 Å². The number of aliphatic hydroxyl groups excluding tert-OH is 1. The quantitative estimate of drug-likeness (QED) is 0.454. The Morgan fingerprint density at radius 3 is 2.57 bits per heavy atom. The van der Waals surface area contributed by atoms with E-state index in [1.807, 2.05) is 27.7 Å². The Kier molecular flexibility index (Phi) is 6.77. The van der Waals surface area contributed by atoms with Gasteiger partial charge in [0.1, 0.15) is 11.6 Å². The van der Waals surface area contributed by atoms with E-state index < -0.39 is 29.1 Å². The molecule has 3 fully saturated rings. The van der Waals surface area contributed by atoms with Crippen molar-refractivity contribution in [2.45, 2.75) is 89.5 Å². The maximum absolute atomic E-state index is 13.6. The van der Waals surface area contributed by atoms with Gasteiger partial charge in [-0.3, -0.25) is 14.4 Å². The molecule has 3 aliphatic rings. The van der Waals surface area contributed by atoms with Gasteiger partial charge in [-0.15, -0.1) is 0 Å². The van der Waals surface area contributed by atoms with E-state index in [0.29, 0.717) is 45.2 Å². The van der Waals surface area contributed by atoms with E-state index in [1.54, 1.807) is 4.90 Å². The van der Waals surface area contributed by atoms with Crippen LogP contribution in [-0.2, 0) is 19.1 Å². The molecule has 0 aromatic heterocycles. The number of aliphatic hydroxyl groups is 1. The van der Waals surface area contributed by atoms with Crippen LogP contribution in [0.15, 0.2) is 0 Å². The fourth-order valence-corrected chi connectivity index (χ4v) is 5.77. The lowest BCUT2D eigenvalue weighted by Crippen LogP contribution is -2.56. The number of likely N-dealkylation sites (tertiary alicyclic amines) is 1. The van der Waals surface area contributed by atoms with Crippen molar-refractivity contribution in [3.05, 3.63) is 0 Å². The summed E-state index contributed by atoms with van der Waals surface area (Å²) >= 11 is 0. The summed E-state index contributed by atoms with van der Waals surface area (Å²) in [5, 5.41) is 15.1. The molecule has 3 rings (SSSR count). The van der Waals surface area contributed by atoms with Gasteiger partial charge in [-0.25, -0.2) is 0 Å². The van der Waals surface area contributed by atoms with Crippen LogP contribution in [0.1, 0.15) is 66.2 Å². The van der Waals surface area contributed by atoms with Gasteiger partial charge in [0.2, 0.25) is 17.7 Å². The third-order valence-electron chi connectivity index (χ3n) is 7.00. The minimum Gasteiger partial charge on any atom is -0.396 e. The van der Waals surface area contributed by atoms with Crippen molar-refractivity contribution in [3.8, 4) is 0 Å². The highest BCUT2D eigenvalue weighted by molar-refractivity contribution is 5.99. The molecule has 0 aromatic carbocycles. The summed E-state index contributed by atoms with van der Waals surface area (Å²) in [6.07, 6.45) is 3.87. The standard InChI is InChI=1S/C22H37N3O5/c1-5-11-23-18(27)15-16-20(29)25(12-7-8-13-26)17(19(28)24-14(3)4)22(16)10-9-21(15,6-2)30-22/h14-17,26H,5-13H2,1-4H3,(H,23,27)(H,24,28)/t15-,16-,17?,21+,22?/m0/s1. The molecular weight excluding hydrogens is 386 g/mol. The summed E-state index contributed by atoms with van der Waals surface area (Å²) in [5.41, 5.74) is -1.65. The van der Waals surface area contributed by atoms with Gasteiger partial charge in [0.05, 0.1) is 17.4 Å². The largest absolute Gasteiger partial charge is 0.396 e. The molecule has 0 aromatic rings. The van der Waals surface area contributed by atoms with Crippen molar-refractivity contribution in [1.82, 2.24) is 15.5 Å². The lowest BCUT2D eigenvalue weighted by Gasteiger charge is -2.34. The minimum atomic E-state index is -0.959. The number of carbonyl (C=O) groups excluding carboxylic acids is 3. The van der Waals surface area contributed by atoms with Crippen molar-refractivity contribution in [2.24, 2.45) is 11.8 Å². The number of nitrogens with zero attached hydrogens (tertiary/aromatic N) is 1. The van der Waals surface area contributed by atoms with Gasteiger partial charge in [0.15, 0.2) is 0 Å². The molecule has 2 bridgehead atoms. The molecule has 8 nitrogen and oxygen atoms in total. The Morgan fingerprint density at radius 2 is 1.97 bits per heavy atom. The maximum Gasteiger partial charge on any atom is 0.246 e. The molecule has 30 heavy (non-hydrogen) atoms. The van der Waals surface area contributed by atoms with Crippen molar-refractivity contribution in [1.29, 1.82) is 0 Å². The molecule has 1 spiro atoms. The van der Waals surface area contributed by atoms with Gasteiger partial charge >= 0.3 is 0 Å². The zero-order valence-corrected chi connectivity index (χ0v) is 18.7. The van der Waals surface area contributed by atoms with Gasteiger partial charge in [-0.05, 0) is 52.4 Å². The van der Waals surface area contributed by atoms with Gasteiger partial charge in [-0.2, -0.15) is 0 Å². The number of hydrogen-bond acceptors (Lipinski definition) is 5. The number of amides is 3. The predicted octanol–water partition coefficient (Wildman–Crippen LogP) is 0.965. The molecule has 3 amide bonds. The lowest BCUT2D eigenvalue weighted by atomic mass is 9.65. The molecule has 0 saturated carbocycles. The monoisotopic (exact) mass is 423 g/mol. The second-order valence-corrected chi connectivity index (χ2v) is 9.25. The topological polar surface area (TPSA) is 108 Å². The highest BCUT2D eigenvalue weighted by Gasteiger charge is 2.78. The highest BCUT2D eigenvalue weighted by Crippen LogP contribution is 2.64. The number of nitrogens with one attached hydrogen (secondary N) is 2. The molecule has 3 N–H and O–H groups in total. The average molecular weight is 424 g/mol. The summed E-state index contributed by atoms with van der Waals surface area (Å²) in [6, 6.07) is -0.807. The zero-order chi connectivity index (χ0) is 22.1. The molecule has 0 radical (unpaired) electrons. The number of fused-ring (bicyclic) bond motifs is 1. The zero-order valence-electron chi connectivity index (χ0n) is 18.7. The summed E-state index contributed by atoms with van der Waals surface area (Å²) in [7, 11) is 0. The van der Waals surface area contributed by atoms with E-state index in [-0.39, 0.29) is 30.4 Å². The van der Waals surface area contributed by atoms with Gasteiger partial charge in [-0.1, -0.05) is 13.8 Å². The van der Waals surface area contributed by atoms with Crippen LogP contribution in [0.25, 0.3) is 0 Å². The number of carbonyl (C=O) groups is 3. The van der Waals surface area contributed by atoms with Crippen molar-refractivity contribution in [3.63, 3.8) is 0 Å². The Balaban J connectivity index is 2.00. The van der Waals surface area contributed by atoms with E-state index in [9.17, 15) is 14.4 Å². The lowest BCUT2D eigenvalue weighted by molar-refractivity contribution is -0.147. The molecule has 8 heteroatoms. The molecule has 0 aliphatic carbocycles. The van der Waals surface area contributed by atoms with Crippen LogP contribution in [0.3, 0.4) is 0 Å². The fourth-order valence-electron chi connectivity index (χ4n) is 5.77.